The van der Waals surface area contributed by atoms with Gasteiger partial charge in [-0.15, -0.1) is 0 Å². The van der Waals surface area contributed by atoms with E-state index in [9.17, 15) is 18.0 Å². The Hall–Kier alpha value is -1.93. The Morgan fingerprint density at radius 3 is 2.58 bits per heavy atom. The lowest BCUT2D eigenvalue weighted by Gasteiger charge is -2.33. The summed E-state index contributed by atoms with van der Waals surface area (Å²) in [6, 6.07) is 5.57. The highest BCUT2D eigenvalue weighted by molar-refractivity contribution is 7.89. The van der Waals surface area contributed by atoms with Crippen LogP contribution in [0.1, 0.15) is 18.1 Å². The number of nitrogens with one attached hydrogen (secondary N) is 1. The average Bonchev–Trinajstić information content (AvgIpc) is 2.94. The van der Waals surface area contributed by atoms with Gasteiger partial charge in [0, 0.05) is 31.9 Å². The van der Waals surface area contributed by atoms with Crippen molar-refractivity contribution in [3.63, 3.8) is 0 Å². The highest BCUT2D eigenvalue weighted by Crippen LogP contribution is 2.24. The molecule has 2 heterocycles. The van der Waals surface area contributed by atoms with E-state index in [1.165, 1.54) is 4.31 Å². The van der Waals surface area contributed by atoms with Gasteiger partial charge in [-0.2, -0.15) is 4.31 Å². The fourth-order valence-electron chi connectivity index (χ4n) is 3.08. The van der Waals surface area contributed by atoms with Gasteiger partial charge in [-0.05, 0) is 24.1 Å². The zero-order valence-corrected chi connectivity index (χ0v) is 14.4. The zero-order chi connectivity index (χ0) is 17.3. The molecule has 1 saturated heterocycles. The monoisotopic (exact) mass is 351 g/mol. The minimum Gasteiger partial charge on any atom is -0.340 e. The molecule has 1 fully saturated rings. The van der Waals surface area contributed by atoms with Crippen LogP contribution in [0.3, 0.4) is 0 Å². The minimum absolute atomic E-state index is 0.0132. The second-order valence-electron chi connectivity index (χ2n) is 6.07. The minimum atomic E-state index is -3.18. The molecule has 1 aromatic rings. The van der Waals surface area contributed by atoms with Crippen molar-refractivity contribution in [2.24, 2.45) is 0 Å². The molecule has 1 aromatic carbocycles. The first kappa shape index (κ1) is 16.9. The first-order chi connectivity index (χ1) is 11.4. The van der Waals surface area contributed by atoms with Crippen LogP contribution in [-0.4, -0.2) is 61.4 Å². The van der Waals surface area contributed by atoms with E-state index in [1.54, 1.807) is 11.8 Å². The van der Waals surface area contributed by atoms with Crippen molar-refractivity contribution in [2.45, 2.75) is 19.8 Å². The Balaban J connectivity index is 1.59. The van der Waals surface area contributed by atoms with E-state index in [-0.39, 0.29) is 24.0 Å². The second kappa shape index (κ2) is 6.52. The number of amides is 2. The fourth-order valence-corrected chi connectivity index (χ4v) is 4.16. The molecule has 2 aliphatic heterocycles. The predicted octanol–water partition coefficient (Wildman–Crippen LogP) is 0.218. The third kappa shape index (κ3) is 3.44. The average molecular weight is 351 g/mol. The van der Waals surface area contributed by atoms with Gasteiger partial charge in [0.2, 0.25) is 21.8 Å². The van der Waals surface area contributed by atoms with Crippen molar-refractivity contribution >= 4 is 27.5 Å². The molecule has 1 N–H and O–H groups in total. The molecule has 0 radical (unpaired) electrons. The molecule has 2 amide bonds. The van der Waals surface area contributed by atoms with Crippen LogP contribution in [0.4, 0.5) is 5.69 Å². The molecule has 0 aliphatic carbocycles. The normalized spacial score (nSPS) is 18.4. The largest absolute Gasteiger partial charge is 0.340 e. The van der Waals surface area contributed by atoms with Crippen LogP contribution in [-0.2, 0) is 32.5 Å². The molecule has 0 aromatic heterocycles. The molecule has 3 rings (SSSR count). The van der Waals surface area contributed by atoms with Gasteiger partial charge in [0.1, 0.15) is 0 Å². The number of fused-ring (bicyclic) bond motifs is 1. The highest BCUT2D eigenvalue weighted by Gasteiger charge is 2.27. The molecule has 24 heavy (non-hydrogen) atoms. The van der Waals surface area contributed by atoms with Crippen LogP contribution in [0.2, 0.25) is 0 Å². The zero-order valence-electron chi connectivity index (χ0n) is 13.6. The fraction of sp³-hybridized carbons (Fsp3) is 0.500. The van der Waals surface area contributed by atoms with Gasteiger partial charge in [0.15, 0.2) is 0 Å². The van der Waals surface area contributed by atoms with Crippen LogP contribution in [0.15, 0.2) is 18.2 Å². The van der Waals surface area contributed by atoms with Gasteiger partial charge in [-0.25, -0.2) is 8.42 Å². The van der Waals surface area contributed by atoms with Crippen molar-refractivity contribution < 1.29 is 18.0 Å². The first-order valence-electron chi connectivity index (χ1n) is 8.06. The van der Waals surface area contributed by atoms with Crippen molar-refractivity contribution in [3.05, 3.63) is 29.3 Å². The van der Waals surface area contributed by atoms with E-state index in [2.05, 4.69) is 5.32 Å². The predicted molar refractivity (Wildman–Crippen MR) is 90.1 cm³/mol. The lowest BCUT2D eigenvalue weighted by atomic mass is 10.1. The molecule has 8 heteroatoms. The summed E-state index contributed by atoms with van der Waals surface area (Å²) in [5.41, 5.74) is 2.61. The Bertz CT molecular complexity index is 768. The summed E-state index contributed by atoms with van der Waals surface area (Å²) < 4.78 is 25.1. The van der Waals surface area contributed by atoms with Crippen molar-refractivity contribution in [1.82, 2.24) is 9.21 Å². The van der Waals surface area contributed by atoms with Crippen molar-refractivity contribution in [3.8, 4) is 0 Å². The topological polar surface area (TPSA) is 86.8 Å². The molecule has 0 bridgehead atoms. The molecule has 0 spiro atoms. The van der Waals surface area contributed by atoms with Crippen molar-refractivity contribution in [2.75, 3.05) is 37.2 Å². The van der Waals surface area contributed by atoms with E-state index < -0.39 is 10.0 Å². The number of nitrogens with zero attached hydrogens (tertiary/aromatic N) is 2. The summed E-state index contributed by atoms with van der Waals surface area (Å²) in [6.45, 7) is 3.17. The molecule has 0 unspecified atom stereocenters. The van der Waals surface area contributed by atoms with Gasteiger partial charge in [0.25, 0.3) is 0 Å². The lowest BCUT2D eigenvalue weighted by Crippen LogP contribution is -2.51. The molecule has 130 valence electrons. The molecule has 0 atom stereocenters. The number of benzene rings is 1. The van der Waals surface area contributed by atoms with Gasteiger partial charge in [-0.1, -0.05) is 12.1 Å². The number of hydrogen-bond acceptors (Lipinski definition) is 4. The second-order valence-corrected chi connectivity index (χ2v) is 8.33. The Kier molecular flexibility index (Phi) is 4.60. The number of carbonyl (C=O) groups is 2. The summed E-state index contributed by atoms with van der Waals surface area (Å²) in [4.78, 5) is 25.5. The SMILES string of the molecule is CCS(=O)(=O)N1CCN(C(=O)Cc2ccc3c(c2)CC(=O)N3)CC1. The molecule has 2 aliphatic rings. The van der Waals surface area contributed by atoms with Gasteiger partial charge < -0.3 is 10.2 Å². The molecular weight excluding hydrogens is 330 g/mol. The van der Waals surface area contributed by atoms with Crippen LogP contribution < -0.4 is 5.32 Å². The van der Waals surface area contributed by atoms with E-state index in [0.717, 1.165) is 16.8 Å². The van der Waals surface area contributed by atoms with Gasteiger partial charge >= 0.3 is 0 Å². The molecule has 7 nitrogen and oxygen atoms in total. The summed E-state index contributed by atoms with van der Waals surface area (Å²) >= 11 is 0. The van der Waals surface area contributed by atoms with E-state index in [1.807, 2.05) is 18.2 Å². The van der Waals surface area contributed by atoms with Gasteiger partial charge in [0.05, 0.1) is 18.6 Å². The third-order valence-electron chi connectivity index (χ3n) is 4.50. The maximum absolute atomic E-state index is 12.4. The van der Waals surface area contributed by atoms with E-state index in [4.69, 9.17) is 0 Å². The maximum atomic E-state index is 12.4. The Morgan fingerprint density at radius 2 is 1.92 bits per heavy atom. The van der Waals surface area contributed by atoms with E-state index >= 15 is 0 Å². The summed E-state index contributed by atoms with van der Waals surface area (Å²) in [5.74, 6) is 0.0468. The highest BCUT2D eigenvalue weighted by atomic mass is 32.2. The Labute approximate surface area is 141 Å². The first-order valence-corrected chi connectivity index (χ1v) is 9.67. The third-order valence-corrected chi connectivity index (χ3v) is 6.38. The number of anilines is 1. The van der Waals surface area contributed by atoms with Crippen LogP contribution in [0.5, 0.6) is 0 Å². The quantitative estimate of drug-likeness (QED) is 0.841. The molecular formula is C16H21N3O4S. The summed E-state index contributed by atoms with van der Waals surface area (Å²) in [6.07, 6.45) is 0.618. The van der Waals surface area contributed by atoms with E-state index in [0.29, 0.717) is 32.6 Å². The summed E-state index contributed by atoms with van der Waals surface area (Å²) in [7, 11) is -3.18. The number of carbonyl (C=O) groups excluding carboxylic acids is 2. The lowest BCUT2D eigenvalue weighted by molar-refractivity contribution is -0.131. The summed E-state index contributed by atoms with van der Waals surface area (Å²) in [5, 5.41) is 2.77. The van der Waals surface area contributed by atoms with Crippen LogP contribution >= 0.6 is 0 Å². The van der Waals surface area contributed by atoms with Crippen molar-refractivity contribution in [1.29, 1.82) is 0 Å². The maximum Gasteiger partial charge on any atom is 0.228 e. The van der Waals surface area contributed by atoms with Crippen LogP contribution in [0.25, 0.3) is 0 Å². The smallest absolute Gasteiger partial charge is 0.228 e. The van der Waals surface area contributed by atoms with Gasteiger partial charge in [-0.3, -0.25) is 9.59 Å². The number of rotatable bonds is 4. The number of piperazine rings is 1. The molecule has 0 saturated carbocycles. The van der Waals surface area contributed by atoms with Crippen LogP contribution in [0, 0.1) is 0 Å². The standard InChI is InChI=1S/C16H21N3O4S/c1-2-24(22,23)19-7-5-18(6-8-19)16(21)10-12-3-4-14-13(9-12)11-15(20)17-14/h3-4,9H,2,5-8,10-11H2,1H3,(H,17,20). The Morgan fingerprint density at radius 1 is 1.21 bits per heavy atom. The number of sulfonamides is 1. The number of hydrogen-bond donors (Lipinski definition) is 1.